The van der Waals surface area contributed by atoms with E-state index < -0.39 is 0 Å². The summed E-state index contributed by atoms with van der Waals surface area (Å²) in [4.78, 5) is 4.77. The van der Waals surface area contributed by atoms with Gasteiger partial charge >= 0.3 is 0 Å². The van der Waals surface area contributed by atoms with Gasteiger partial charge in [0.25, 0.3) is 0 Å². The van der Waals surface area contributed by atoms with E-state index in [9.17, 15) is 0 Å². The van der Waals surface area contributed by atoms with Crippen LogP contribution in [0.3, 0.4) is 0 Å². The number of aryl methyl sites for hydroxylation is 1. The second kappa shape index (κ2) is 5.46. The zero-order valence-electron chi connectivity index (χ0n) is 10.2. The van der Waals surface area contributed by atoms with Gasteiger partial charge in [-0.15, -0.1) is 11.3 Å². The number of ether oxygens (including phenoxy) is 1. The summed E-state index contributed by atoms with van der Waals surface area (Å²) < 4.78 is 5.46. The van der Waals surface area contributed by atoms with Gasteiger partial charge in [0.2, 0.25) is 0 Å². The summed E-state index contributed by atoms with van der Waals surface area (Å²) in [5.74, 6) is 0.774. The molecule has 3 rings (SSSR count). The zero-order valence-corrected chi connectivity index (χ0v) is 11.0. The predicted molar refractivity (Wildman–Crippen MR) is 69.6 cm³/mol. The van der Waals surface area contributed by atoms with Gasteiger partial charge in [0.15, 0.2) is 0 Å². The van der Waals surface area contributed by atoms with Crippen LogP contribution < -0.4 is 5.32 Å². The van der Waals surface area contributed by atoms with E-state index in [2.05, 4.69) is 10.7 Å². The minimum atomic E-state index is 0.528. The van der Waals surface area contributed by atoms with Crippen LogP contribution in [0.1, 0.15) is 42.3 Å². The fraction of sp³-hybridized carbons (Fsp3) is 0.769. The van der Waals surface area contributed by atoms with E-state index in [0.29, 0.717) is 6.04 Å². The highest BCUT2D eigenvalue weighted by Crippen LogP contribution is 2.36. The van der Waals surface area contributed by atoms with Gasteiger partial charge < -0.3 is 10.1 Å². The van der Waals surface area contributed by atoms with Crippen molar-refractivity contribution in [3.63, 3.8) is 0 Å². The van der Waals surface area contributed by atoms with Crippen molar-refractivity contribution in [2.24, 2.45) is 0 Å². The zero-order chi connectivity index (χ0) is 11.5. The molecular formula is C13H20N2OS. The third kappa shape index (κ3) is 2.87. The fourth-order valence-corrected chi connectivity index (χ4v) is 3.33. The lowest BCUT2D eigenvalue weighted by Gasteiger charge is -2.23. The smallest absolute Gasteiger partial charge is 0.0928 e. The van der Waals surface area contributed by atoms with Crippen molar-refractivity contribution in [2.75, 3.05) is 19.8 Å². The summed E-state index contributed by atoms with van der Waals surface area (Å²) in [5.41, 5.74) is 1.35. The van der Waals surface area contributed by atoms with Gasteiger partial charge in [-0.05, 0) is 19.3 Å². The Morgan fingerprint density at radius 1 is 1.47 bits per heavy atom. The van der Waals surface area contributed by atoms with E-state index in [4.69, 9.17) is 9.72 Å². The maximum absolute atomic E-state index is 5.46. The number of hydrogen-bond donors (Lipinski definition) is 1. The summed E-state index contributed by atoms with van der Waals surface area (Å²) in [6.07, 6.45) is 6.33. The van der Waals surface area contributed by atoms with Gasteiger partial charge in [0.05, 0.1) is 23.9 Å². The summed E-state index contributed by atoms with van der Waals surface area (Å²) in [5, 5.41) is 7.07. The van der Waals surface area contributed by atoms with Crippen LogP contribution in [0.2, 0.25) is 0 Å². The average Bonchev–Trinajstić information content (AvgIpc) is 2.74. The Bertz CT molecular complexity index is 356. The van der Waals surface area contributed by atoms with Gasteiger partial charge in [-0.3, -0.25) is 0 Å². The first-order valence-electron chi connectivity index (χ1n) is 6.67. The molecule has 1 unspecified atom stereocenters. The molecule has 1 saturated carbocycles. The number of rotatable bonds is 4. The first-order valence-corrected chi connectivity index (χ1v) is 7.55. The molecule has 0 radical (unpaired) electrons. The molecule has 0 amide bonds. The van der Waals surface area contributed by atoms with Crippen molar-refractivity contribution in [3.8, 4) is 0 Å². The largest absolute Gasteiger partial charge is 0.379 e. The Kier molecular flexibility index (Phi) is 3.74. The Hall–Kier alpha value is -0.450. The van der Waals surface area contributed by atoms with Gasteiger partial charge in [-0.25, -0.2) is 4.98 Å². The first-order chi connectivity index (χ1) is 8.42. The maximum atomic E-state index is 5.46. The van der Waals surface area contributed by atoms with Crippen LogP contribution in [0.25, 0.3) is 0 Å². The lowest BCUT2D eigenvalue weighted by molar-refractivity contribution is 0.0743. The highest BCUT2D eigenvalue weighted by atomic mass is 32.1. The molecule has 1 atom stereocenters. The molecule has 1 aliphatic carbocycles. The van der Waals surface area contributed by atoms with Crippen molar-refractivity contribution in [3.05, 3.63) is 16.1 Å². The van der Waals surface area contributed by atoms with Gasteiger partial charge in [0.1, 0.15) is 0 Å². The molecule has 0 aromatic carbocycles. The quantitative estimate of drug-likeness (QED) is 0.893. The molecule has 1 saturated heterocycles. The van der Waals surface area contributed by atoms with E-state index in [1.807, 2.05) is 11.3 Å². The molecule has 2 heterocycles. The van der Waals surface area contributed by atoms with Crippen molar-refractivity contribution in [1.29, 1.82) is 0 Å². The van der Waals surface area contributed by atoms with Crippen LogP contribution in [-0.4, -0.2) is 30.8 Å². The van der Waals surface area contributed by atoms with Crippen molar-refractivity contribution in [1.82, 2.24) is 10.3 Å². The number of aromatic nitrogens is 1. The molecule has 1 aliphatic heterocycles. The second-order valence-corrected chi connectivity index (χ2v) is 6.00. The molecule has 0 bridgehead atoms. The summed E-state index contributed by atoms with van der Waals surface area (Å²) >= 11 is 1.84. The molecule has 1 N–H and O–H groups in total. The number of nitrogens with zero attached hydrogens (tertiary/aromatic N) is 1. The standard InChI is InChI=1S/C13H20N2OS/c1-2-10(3-1)12-9-17-13(15-12)5-4-11-8-16-7-6-14-11/h9-11,14H,1-8H2. The topological polar surface area (TPSA) is 34.1 Å². The van der Waals surface area contributed by atoms with Crippen LogP contribution in [0.4, 0.5) is 0 Å². The lowest BCUT2D eigenvalue weighted by Crippen LogP contribution is -2.41. The molecule has 0 spiro atoms. The molecule has 4 heteroatoms. The van der Waals surface area contributed by atoms with Crippen molar-refractivity contribution < 1.29 is 4.74 Å². The van der Waals surface area contributed by atoms with Crippen LogP contribution in [0.15, 0.2) is 5.38 Å². The van der Waals surface area contributed by atoms with E-state index in [1.54, 1.807) is 0 Å². The van der Waals surface area contributed by atoms with E-state index in [0.717, 1.165) is 38.5 Å². The first kappa shape index (κ1) is 11.6. The molecule has 17 heavy (non-hydrogen) atoms. The summed E-state index contributed by atoms with van der Waals surface area (Å²) in [7, 11) is 0. The summed E-state index contributed by atoms with van der Waals surface area (Å²) in [6.45, 7) is 2.72. The Labute approximate surface area is 107 Å². The molecular weight excluding hydrogens is 232 g/mol. The lowest BCUT2D eigenvalue weighted by atomic mass is 9.83. The molecule has 94 valence electrons. The molecule has 2 aliphatic rings. The van der Waals surface area contributed by atoms with Crippen molar-refractivity contribution in [2.45, 2.75) is 44.1 Å². The number of thiazole rings is 1. The molecule has 3 nitrogen and oxygen atoms in total. The van der Waals surface area contributed by atoms with Crippen LogP contribution in [0.5, 0.6) is 0 Å². The van der Waals surface area contributed by atoms with Crippen molar-refractivity contribution >= 4 is 11.3 Å². The molecule has 2 fully saturated rings. The van der Waals surface area contributed by atoms with E-state index >= 15 is 0 Å². The average molecular weight is 252 g/mol. The normalized spacial score (nSPS) is 25.8. The van der Waals surface area contributed by atoms with Crippen LogP contribution in [-0.2, 0) is 11.2 Å². The summed E-state index contributed by atoms with van der Waals surface area (Å²) in [6, 6.07) is 0.528. The number of morpholine rings is 1. The Morgan fingerprint density at radius 2 is 2.41 bits per heavy atom. The predicted octanol–water partition coefficient (Wildman–Crippen LogP) is 2.33. The maximum Gasteiger partial charge on any atom is 0.0928 e. The molecule has 1 aromatic rings. The second-order valence-electron chi connectivity index (χ2n) is 5.06. The highest BCUT2D eigenvalue weighted by molar-refractivity contribution is 7.09. The van der Waals surface area contributed by atoms with Crippen LogP contribution in [0, 0.1) is 0 Å². The van der Waals surface area contributed by atoms with Crippen LogP contribution >= 0.6 is 11.3 Å². The number of nitrogens with one attached hydrogen (secondary N) is 1. The van der Waals surface area contributed by atoms with Gasteiger partial charge in [-0.2, -0.15) is 0 Å². The third-order valence-electron chi connectivity index (χ3n) is 3.80. The Morgan fingerprint density at radius 3 is 3.12 bits per heavy atom. The minimum Gasteiger partial charge on any atom is -0.379 e. The van der Waals surface area contributed by atoms with Gasteiger partial charge in [-0.1, -0.05) is 6.42 Å². The highest BCUT2D eigenvalue weighted by Gasteiger charge is 2.22. The SMILES string of the molecule is c1sc(CCC2COCCN2)nc1C1CCC1. The fourth-order valence-electron chi connectivity index (χ4n) is 2.43. The van der Waals surface area contributed by atoms with E-state index in [1.165, 1.54) is 30.0 Å². The monoisotopic (exact) mass is 252 g/mol. The molecule has 1 aromatic heterocycles. The third-order valence-corrected chi connectivity index (χ3v) is 4.72. The minimum absolute atomic E-state index is 0.528. The van der Waals surface area contributed by atoms with Gasteiger partial charge in [0, 0.05) is 30.3 Å². The van der Waals surface area contributed by atoms with E-state index in [-0.39, 0.29) is 0 Å². The number of hydrogen-bond acceptors (Lipinski definition) is 4. The Balaban J connectivity index is 1.48.